The van der Waals surface area contributed by atoms with Gasteiger partial charge in [0, 0.05) is 11.8 Å². The van der Waals surface area contributed by atoms with E-state index >= 15 is 0 Å². The molecule has 3 N–H and O–H groups in total. The molecule has 2 unspecified atom stereocenters. The highest BCUT2D eigenvalue weighted by atomic mass is 32.1. The van der Waals surface area contributed by atoms with Crippen molar-refractivity contribution in [1.29, 1.82) is 0 Å². The fraction of sp³-hybridized carbons (Fsp3) is 0.208. The second kappa shape index (κ2) is 10.4. The van der Waals surface area contributed by atoms with Crippen LogP contribution >= 0.6 is 11.3 Å². The number of aromatic carboxylic acids is 1. The van der Waals surface area contributed by atoms with Crippen molar-refractivity contribution in [3.05, 3.63) is 70.7 Å². The van der Waals surface area contributed by atoms with E-state index < -0.39 is 35.9 Å². The van der Waals surface area contributed by atoms with Crippen molar-refractivity contribution in [2.75, 3.05) is 19.5 Å². The molecule has 3 aromatic rings. The number of urea groups is 1. The number of rotatable bonds is 9. The van der Waals surface area contributed by atoms with E-state index in [2.05, 4.69) is 15.6 Å². The highest BCUT2D eigenvalue weighted by molar-refractivity contribution is 7.14. The Bertz CT molecular complexity index is 1310. The quantitative estimate of drug-likeness (QED) is 0.372. The van der Waals surface area contributed by atoms with Crippen LogP contribution in [0.25, 0.3) is 0 Å². The summed E-state index contributed by atoms with van der Waals surface area (Å²) in [6, 6.07) is 10.8. The number of imide groups is 1. The van der Waals surface area contributed by atoms with Crippen LogP contribution < -0.4 is 20.1 Å². The van der Waals surface area contributed by atoms with Gasteiger partial charge >= 0.3 is 12.0 Å². The third-order valence-corrected chi connectivity index (χ3v) is 6.31. The van der Waals surface area contributed by atoms with Gasteiger partial charge in [-0.15, -0.1) is 11.3 Å². The zero-order valence-corrected chi connectivity index (χ0v) is 20.1. The van der Waals surface area contributed by atoms with E-state index in [9.17, 15) is 19.2 Å². The summed E-state index contributed by atoms with van der Waals surface area (Å²) in [5.74, 6) is -1.69. The smallest absolute Gasteiger partial charge is 0.355 e. The molecule has 2 atom stereocenters. The second-order valence-corrected chi connectivity index (χ2v) is 8.60. The molecule has 0 aliphatic carbocycles. The summed E-state index contributed by atoms with van der Waals surface area (Å²) >= 11 is 0.925. The lowest BCUT2D eigenvalue weighted by Crippen LogP contribution is -2.49. The molecule has 0 spiro atoms. The number of carboxylic acid groups (broad SMARTS) is 1. The van der Waals surface area contributed by atoms with Gasteiger partial charge in [-0.1, -0.05) is 36.4 Å². The monoisotopic (exact) mass is 510 g/mol. The molecular weight excluding hydrogens is 488 g/mol. The predicted octanol–water partition coefficient (Wildman–Crippen LogP) is 2.70. The van der Waals surface area contributed by atoms with Crippen molar-refractivity contribution in [3.8, 4) is 11.5 Å². The normalized spacial score (nSPS) is 15.8. The molecule has 1 aliphatic heterocycles. The molecule has 0 bridgehead atoms. The lowest BCUT2D eigenvalue weighted by atomic mass is 10.0. The molecule has 186 valence electrons. The highest BCUT2D eigenvalue weighted by Gasteiger charge is 2.45. The Morgan fingerprint density at radius 2 is 1.86 bits per heavy atom. The molecule has 1 aliphatic rings. The molecule has 11 nitrogen and oxygen atoms in total. The van der Waals surface area contributed by atoms with Gasteiger partial charge in [0.05, 0.1) is 14.2 Å². The van der Waals surface area contributed by atoms with Crippen LogP contribution in [0, 0.1) is 0 Å². The van der Waals surface area contributed by atoms with Gasteiger partial charge < -0.3 is 25.2 Å². The fourth-order valence-corrected chi connectivity index (χ4v) is 4.49. The Labute approximate surface area is 209 Å². The third-order valence-electron chi connectivity index (χ3n) is 5.55. The van der Waals surface area contributed by atoms with Crippen LogP contribution in [0.4, 0.5) is 9.93 Å². The number of carbonyl (C=O) groups is 4. The fourth-order valence-electron chi connectivity index (χ4n) is 3.80. The highest BCUT2D eigenvalue weighted by Crippen LogP contribution is 2.33. The number of methoxy groups -OCH3 is 2. The number of ether oxygens (including phenoxy) is 2. The van der Waals surface area contributed by atoms with E-state index in [4.69, 9.17) is 14.6 Å². The summed E-state index contributed by atoms with van der Waals surface area (Å²) < 4.78 is 10.5. The van der Waals surface area contributed by atoms with Crippen LogP contribution in [-0.4, -0.2) is 59.1 Å². The molecule has 4 rings (SSSR count). The average Bonchev–Trinajstić information content (AvgIpc) is 3.46. The Hall–Kier alpha value is -4.45. The van der Waals surface area contributed by atoms with E-state index in [-0.39, 0.29) is 17.2 Å². The maximum absolute atomic E-state index is 13.5. The topological polar surface area (TPSA) is 147 Å². The summed E-state index contributed by atoms with van der Waals surface area (Å²) in [7, 11) is 2.94. The summed E-state index contributed by atoms with van der Waals surface area (Å²) in [6.45, 7) is 0. The first kappa shape index (κ1) is 24.7. The van der Waals surface area contributed by atoms with Crippen molar-refractivity contribution in [2.24, 2.45) is 0 Å². The SMILES string of the molecule is COc1ccc(C2NC(=O)N(C(Cc3ccccc3)C(=O)Nc3nc(C(=O)O)cs3)C2=O)cc1OC. The van der Waals surface area contributed by atoms with Crippen molar-refractivity contribution >= 4 is 40.3 Å². The standard InChI is InChI=1S/C24H22N4O7S/c1-34-17-9-8-14(11-18(17)35-2)19-21(30)28(24(33)26-19)16(10-13-6-4-3-5-7-13)20(29)27-23-25-15(12-36-23)22(31)32/h3-9,11-12,16,19H,10H2,1-2H3,(H,26,33)(H,31,32)(H,25,27,29). The number of hydrogen-bond acceptors (Lipinski definition) is 8. The van der Waals surface area contributed by atoms with Crippen molar-refractivity contribution < 1.29 is 33.8 Å². The van der Waals surface area contributed by atoms with Gasteiger partial charge in [0.2, 0.25) is 5.91 Å². The molecule has 1 fully saturated rings. The largest absolute Gasteiger partial charge is 0.493 e. The molecule has 2 aromatic carbocycles. The van der Waals surface area contributed by atoms with Gasteiger partial charge in [0.1, 0.15) is 12.1 Å². The van der Waals surface area contributed by atoms with Gasteiger partial charge in [-0.25, -0.2) is 19.5 Å². The Balaban J connectivity index is 1.64. The summed E-state index contributed by atoms with van der Waals surface area (Å²) in [5.41, 5.74) is 0.954. The minimum absolute atomic E-state index is 0.0407. The molecule has 36 heavy (non-hydrogen) atoms. The summed E-state index contributed by atoms with van der Waals surface area (Å²) in [5, 5.41) is 15.6. The van der Waals surface area contributed by atoms with Gasteiger partial charge in [-0.2, -0.15) is 0 Å². The van der Waals surface area contributed by atoms with Crippen molar-refractivity contribution in [1.82, 2.24) is 15.2 Å². The van der Waals surface area contributed by atoms with Crippen molar-refractivity contribution in [2.45, 2.75) is 18.5 Å². The molecule has 1 saturated heterocycles. The number of carboxylic acids is 1. The Kier molecular flexibility index (Phi) is 7.15. The molecule has 4 amide bonds. The zero-order chi connectivity index (χ0) is 25.8. The van der Waals surface area contributed by atoms with Crippen LogP contribution in [0.5, 0.6) is 11.5 Å². The average molecular weight is 511 g/mol. The Morgan fingerprint density at radius 1 is 1.14 bits per heavy atom. The molecule has 1 aromatic heterocycles. The Morgan fingerprint density at radius 3 is 2.50 bits per heavy atom. The summed E-state index contributed by atoms with van der Waals surface area (Å²) in [6.07, 6.45) is 0.0433. The number of nitrogens with one attached hydrogen (secondary N) is 2. The van der Waals surface area contributed by atoms with E-state index in [1.807, 2.05) is 6.07 Å². The van der Waals surface area contributed by atoms with Crippen molar-refractivity contribution in [3.63, 3.8) is 0 Å². The molecule has 2 heterocycles. The minimum Gasteiger partial charge on any atom is -0.493 e. The number of nitrogens with zero attached hydrogens (tertiary/aromatic N) is 2. The van der Waals surface area contributed by atoms with E-state index in [0.717, 1.165) is 21.8 Å². The maximum Gasteiger partial charge on any atom is 0.355 e. The molecule has 0 saturated carbocycles. The van der Waals surface area contributed by atoms with Gasteiger partial charge in [-0.05, 0) is 23.3 Å². The first-order valence-corrected chi connectivity index (χ1v) is 11.6. The second-order valence-electron chi connectivity index (χ2n) is 7.74. The first-order chi connectivity index (χ1) is 17.3. The third kappa shape index (κ3) is 4.98. The first-order valence-electron chi connectivity index (χ1n) is 10.7. The molecule has 0 radical (unpaired) electrons. The summed E-state index contributed by atoms with van der Waals surface area (Å²) in [4.78, 5) is 55.6. The number of benzene rings is 2. The minimum atomic E-state index is -1.24. The lowest BCUT2D eigenvalue weighted by molar-refractivity contribution is -0.134. The maximum atomic E-state index is 13.5. The van der Waals surface area contributed by atoms with Crippen LogP contribution in [-0.2, 0) is 16.0 Å². The van der Waals surface area contributed by atoms with E-state index in [1.54, 1.807) is 42.5 Å². The van der Waals surface area contributed by atoms with Crippen LogP contribution in [0.1, 0.15) is 27.7 Å². The lowest BCUT2D eigenvalue weighted by Gasteiger charge is -2.24. The number of hydrogen-bond donors (Lipinski definition) is 3. The number of anilines is 1. The number of aromatic nitrogens is 1. The molecular formula is C24H22N4O7S. The number of amides is 4. The van der Waals surface area contributed by atoms with E-state index in [1.165, 1.54) is 19.6 Å². The number of carbonyl (C=O) groups excluding carboxylic acids is 3. The molecule has 12 heteroatoms. The van der Waals surface area contributed by atoms with Crippen LogP contribution in [0.2, 0.25) is 0 Å². The van der Waals surface area contributed by atoms with Gasteiger partial charge in [0.25, 0.3) is 5.91 Å². The van der Waals surface area contributed by atoms with Gasteiger partial charge in [0.15, 0.2) is 22.3 Å². The predicted molar refractivity (Wildman–Crippen MR) is 129 cm³/mol. The zero-order valence-electron chi connectivity index (χ0n) is 19.3. The van der Waals surface area contributed by atoms with Crippen LogP contribution in [0.15, 0.2) is 53.9 Å². The number of thiazole rings is 1. The van der Waals surface area contributed by atoms with E-state index in [0.29, 0.717) is 17.1 Å². The van der Waals surface area contributed by atoms with Crippen LogP contribution in [0.3, 0.4) is 0 Å². The van der Waals surface area contributed by atoms with Gasteiger partial charge in [-0.3, -0.25) is 9.59 Å².